The van der Waals surface area contributed by atoms with Crippen LogP contribution in [0.2, 0.25) is 5.02 Å². The Balaban J connectivity index is 2.08. The molecule has 0 fully saturated rings. The number of fused-ring (bicyclic) bond motifs is 1. The van der Waals surface area contributed by atoms with Crippen molar-refractivity contribution >= 4 is 51.8 Å². The summed E-state index contributed by atoms with van der Waals surface area (Å²) in [7, 11) is 0. The fourth-order valence-corrected chi connectivity index (χ4v) is 3.29. The van der Waals surface area contributed by atoms with E-state index >= 15 is 0 Å². The van der Waals surface area contributed by atoms with Gasteiger partial charge >= 0.3 is 0 Å². The second-order valence-corrected chi connectivity index (χ2v) is 6.51. The first-order valence-electron chi connectivity index (χ1n) is 6.05. The molecule has 1 aromatic carbocycles. The van der Waals surface area contributed by atoms with Crippen LogP contribution in [-0.2, 0) is 0 Å². The van der Waals surface area contributed by atoms with Crippen LogP contribution in [-0.4, -0.2) is 20.9 Å². The Labute approximate surface area is 134 Å². The van der Waals surface area contributed by atoms with Gasteiger partial charge in [-0.25, -0.2) is 4.98 Å². The Hall–Kier alpha value is -1.63. The average molecular weight is 336 g/mol. The SMILES string of the molecule is CSc1nn2c(=O)c(Cl)c(/C=C/c3ccccc3)nc2s1. The lowest BCUT2D eigenvalue weighted by Gasteiger charge is -1.97. The van der Waals surface area contributed by atoms with Gasteiger partial charge in [-0.15, -0.1) is 5.10 Å². The highest BCUT2D eigenvalue weighted by Gasteiger charge is 2.12. The molecule has 0 amide bonds. The van der Waals surface area contributed by atoms with Gasteiger partial charge in [0.1, 0.15) is 5.02 Å². The highest BCUT2D eigenvalue weighted by molar-refractivity contribution is 8.00. The first-order valence-corrected chi connectivity index (χ1v) is 8.47. The summed E-state index contributed by atoms with van der Waals surface area (Å²) in [5.74, 6) is 0. The molecule has 0 aliphatic heterocycles. The lowest BCUT2D eigenvalue weighted by Crippen LogP contribution is -2.16. The van der Waals surface area contributed by atoms with Crippen LogP contribution < -0.4 is 5.56 Å². The molecule has 4 nitrogen and oxygen atoms in total. The van der Waals surface area contributed by atoms with E-state index in [0.717, 1.165) is 9.90 Å². The third-order valence-corrected chi connectivity index (χ3v) is 5.01. The van der Waals surface area contributed by atoms with Crippen LogP contribution in [0.4, 0.5) is 0 Å². The van der Waals surface area contributed by atoms with Crippen LogP contribution in [0.25, 0.3) is 17.1 Å². The number of halogens is 1. The minimum atomic E-state index is -0.342. The normalized spacial score (nSPS) is 11.5. The molecule has 0 unspecified atom stereocenters. The molecule has 3 rings (SSSR count). The molecule has 21 heavy (non-hydrogen) atoms. The van der Waals surface area contributed by atoms with Gasteiger partial charge in [0.15, 0.2) is 4.34 Å². The zero-order valence-electron chi connectivity index (χ0n) is 11.0. The van der Waals surface area contributed by atoms with E-state index in [9.17, 15) is 4.79 Å². The second-order valence-electron chi connectivity index (χ2n) is 4.13. The number of rotatable bonds is 3. The van der Waals surface area contributed by atoms with Gasteiger partial charge in [-0.05, 0) is 17.9 Å². The van der Waals surface area contributed by atoms with Gasteiger partial charge in [0, 0.05) is 0 Å². The Morgan fingerprint density at radius 1 is 1.29 bits per heavy atom. The van der Waals surface area contributed by atoms with E-state index in [0.29, 0.717) is 10.7 Å². The largest absolute Gasteiger partial charge is 0.294 e. The Morgan fingerprint density at radius 3 is 2.76 bits per heavy atom. The molecule has 3 aromatic rings. The van der Waals surface area contributed by atoms with Crippen molar-refractivity contribution in [3.8, 4) is 0 Å². The van der Waals surface area contributed by atoms with Crippen LogP contribution in [0.15, 0.2) is 39.5 Å². The number of benzene rings is 1. The van der Waals surface area contributed by atoms with Crippen LogP contribution in [0, 0.1) is 0 Å². The maximum Gasteiger partial charge on any atom is 0.294 e. The quantitative estimate of drug-likeness (QED) is 0.685. The van der Waals surface area contributed by atoms with Crippen molar-refractivity contribution in [2.75, 3.05) is 6.26 Å². The van der Waals surface area contributed by atoms with Crippen LogP contribution >= 0.6 is 34.7 Å². The van der Waals surface area contributed by atoms with E-state index < -0.39 is 0 Å². The van der Waals surface area contributed by atoms with Gasteiger partial charge in [0.25, 0.3) is 5.56 Å². The van der Waals surface area contributed by atoms with Crippen molar-refractivity contribution < 1.29 is 0 Å². The van der Waals surface area contributed by atoms with Gasteiger partial charge in [-0.2, -0.15) is 4.52 Å². The Kier molecular flexibility index (Phi) is 4.10. The molecule has 0 N–H and O–H groups in total. The summed E-state index contributed by atoms with van der Waals surface area (Å²) in [6, 6.07) is 9.77. The maximum atomic E-state index is 12.2. The van der Waals surface area contributed by atoms with Crippen LogP contribution in [0.1, 0.15) is 11.3 Å². The number of hydrogen-bond acceptors (Lipinski definition) is 5. The molecule has 0 spiro atoms. The monoisotopic (exact) mass is 335 g/mol. The summed E-state index contributed by atoms with van der Waals surface area (Å²) < 4.78 is 2.03. The molecule has 2 heterocycles. The highest BCUT2D eigenvalue weighted by Crippen LogP contribution is 2.22. The fourth-order valence-electron chi connectivity index (χ4n) is 1.76. The topological polar surface area (TPSA) is 47.3 Å². The molecule has 0 saturated carbocycles. The Bertz CT molecular complexity index is 871. The van der Waals surface area contributed by atoms with Crippen molar-refractivity contribution in [1.82, 2.24) is 14.6 Å². The average Bonchev–Trinajstić information content (AvgIpc) is 2.94. The van der Waals surface area contributed by atoms with E-state index in [1.165, 1.54) is 27.6 Å². The summed E-state index contributed by atoms with van der Waals surface area (Å²) in [4.78, 5) is 17.1. The molecular weight excluding hydrogens is 326 g/mol. The second kappa shape index (κ2) is 6.01. The number of aromatic nitrogens is 3. The van der Waals surface area contributed by atoms with Gasteiger partial charge in [-0.3, -0.25) is 4.79 Å². The fraction of sp³-hybridized carbons (Fsp3) is 0.0714. The minimum Gasteiger partial charge on any atom is -0.266 e. The smallest absolute Gasteiger partial charge is 0.266 e. The van der Waals surface area contributed by atoms with Gasteiger partial charge in [0.2, 0.25) is 4.96 Å². The van der Waals surface area contributed by atoms with Crippen molar-refractivity contribution in [3.05, 3.63) is 57.0 Å². The van der Waals surface area contributed by atoms with E-state index in [4.69, 9.17) is 11.6 Å². The van der Waals surface area contributed by atoms with Crippen LogP contribution in [0.5, 0.6) is 0 Å². The van der Waals surface area contributed by atoms with Gasteiger partial charge < -0.3 is 0 Å². The van der Waals surface area contributed by atoms with Crippen molar-refractivity contribution in [1.29, 1.82) is 0 Å². The molecule has 0 atom stereocenters. The summed E-state index contributed by atoms with van der Waals surface area (Å²) in [6.07, 6.45) is 5.53. The molecule has 0 saturated heterocycles. The van der Waals surface area contributed by atoms with Crippen molar-refractivity contribution in [2.24, 2.45) is 0 Å². The lowest BCUT2D eigenvalue weighted by molar-refractivity contribution is 0.856. The highest BCUT2D eigenvalue weighted by atomic mass is 35.5. The van der Waals surface area contributed by atoms with E-state index in [1.54, 1.807) is 6.08 Å². The third-order valence-electron chi connectivity index (χ3n) is 2.77. The number of thioether (sulfide) groups is 1. The summed E-state index contributed by atoms with van der Waals surface area (Å²) in [6.45, 7) is 0. The van der Waals surface area contributed by atoms with E-state index in [1.807, 2.05) is 42.7 Å². The summed E-state index contributed by atoms with van der Waals surface area (Å²) >= 11 is 8.94. The number of hydrogen-bond donors (Lipinski definition) is 0. The van der Waals surface area contributed by atoms with Crippen molar-refractivity contribution in [3.63, 3.8) is 0 Å². The standard InChI is InChI=1S/C14H10ClN3OS2/c1-20-14-17-18-12(19)11(15)10(16-13(18)21-14)8-7-9-5-3-2-4-6-9/h2-8H,1H3/b8-7+. The molecular formula is C14H10ClN3OS2. The number of nitrogens with zero attached hydrogens (tertiary/aromatic N) is 3. The molecule has 106 valence electrons. The molecule has 0 aliphatic carbocycles. The summed E-state index contributed by atoms with van der Waals surface area (Å²) in [5.41, 5.74) is 1.14. The van der Waals surface area contributed by atoms with Gasteiger partial charge in [0.05, 0.1) is 5.69 Å². The first-order chi connectivity index (χ1) is 10.2. The summed E-state index contributed by atoms with van der Waals surface area (Å²) in [5, 5.41) is 4.25. The first kappa shape index (κ1) is 14.3. The predicted octanol–water partition coefficient (Wildman–Crippen LogP) is 3.70. The molecule has 7 heteroatoms. The predicted molar refractivity (Wildman–Crippen MR) is 89.3 cm³/mol. The molecule has 2 aromatic heterocycles. The zero-order chi connectivity index (χ0) is 14.8. The van der Waals surface area contributed by atoms with E-state index in [2.05, 4.69) is 10.1 Å². The lowest BCUT2D eigenvalue weighted by atomic mass is 10.2. The molecule has 0 aliphatic rings. The van der Waals surface area contributed by atoms with Gasteiger partial charge in [-0.1, -0.05) is 71.1 Å². The zero-order valence-corrected chi connectivity index (χ0v) is 13.4. The third kappa shape index (κ3) is 2.88. The minimum absolute atomic E-state index is 0.0811. The van der Waals surface area contributed by atoms with E-state index in [-0.39, 0.29) is 10.6 Å². The molecule has 0 radical (unpaired) electrons. The maximum absolute atomic E-state index is 12.2. The van der Waals surface area contributed by atoms with Crippen LogP contribution in [0.3, 0.4) is 0 Å². The molecule has 0 bridgehead atoms. The van der Waals surface area contributed by atoms with Crippen molar-refractivity contribution in [2.45, 2.75) is 4.34 Å². The Morgan fingerprint density at radius 2 is 2.05 bits per heavy atom.